The summed E-state index contributed by atoms with van der Waals surface area (Å²) in [5, 5.41) is 12.8. The van der Waals surface area contributed by atoms with E-state index in [1.807, 2.05) is 6.92 Å². The molecule has 124 valence electrons. The van der Waals surface area contributed by atoms with Gasteiger partial charge in [0.2, 0.25) is 5.88 Å². The zero-order chi connectivity index (χ0) is 16.0. The van der Waals surface area contributed by atoms with Crippen LogP contribution < -0.4 is 10.1 Å². The first kappa shape index (κ1) is 17.0. The molecule has 22 heavy (non-hydrogen) atoms. The lowest BCUT2D eigenvalue weighted by Crippen LogP contribution is -2.27. The van der Waals surface area contributed by atoms with E-state index in [4.69, 9.17) is 4.74 Å². The van der Waals surface area contributed by atoms with E-state index in [1.54, 1.807) is 12.4 Å². The van der Waals surface area contributed by atoms with Gasteiger partial charge in [-0.1, -0.05) is 20.3 Å². The standard InChI is InChI=1S/C17H29N3O2/c1-13(21)9-17(2,3)12-19-15-10-18-11-16(20-15)22-14-7-5-4-6-8-14/h10-11,13-14,21H,4-9,12H2,1-3H3,(H,19,20). The molecule has 1 aromatic heterocycles. The quantitative estimate of drug-likeness (QED) is 0.808. The van der Waals surface area contributed by atoms with Gasteiger partial charge in [0.05, 0.1) is 18.5 Å². The second kappa shape index (κ2) is 7.77. The third-order valence-electron chi connectivity index (χ3n) is 4.05. The molecular formula is C17H29N3O2. The highest BCUT2D eigenvalue weighted by molar-refractivity contribution is 5.33. The number of hydrogen-bond donors (Lipinski definition) is 2. The fourth-order valence-electron chi connectivity index (χ4n) is 3.05. The summed E-state index contributed by atoms with van der Waals surface area (Å²) in [6.45, 7) is 6.81. The zero-order valence-electron chi connectivity index (χ0n) is 14.0. The van der Waals surface area contributed by atoms with Crippen molar-refractivity contribution in [2.45, 2.75) is 71.5 Å². The van der Waals surface area contributed by atoms with Gasteiger partial charge in [0.15, 0.2) is 0 Å². The maximum atomic E-state index is 9.54. The van der Waals surface area contributed by atoms with E-state index in [9.17, 15) is 5.11 Å². The van der Waals surface area contributed by atoms with Crippen LogP contribution >= 0.6 is 0 Å². The molecule has 1 unspecified atom stereocenters. The van der Waals surface area contributed by atoms with Crippen molar-refractivity contribution < 1.29 is 9.84 Å². The van der Waals surface area contributed by atoms with E-state index in [0.717, 1.165) is 31.6 Å². The number of hydrogen-bond acceptors (Lipinski definition) is 5. The lowest BCUT2D eigenvalue weighted by atomic mass is 9.87. The van der Waals surface area contributed by atoms with Crippen LogP contribution in [0.4, 0.5) is 5.82 Å². The van der Waals surface area contributed by atoms with E-state index >= 15 is 0 Å². The number of aliphatic hydroxyl groups is 1. The minimum Gasteiger partial charge on any atom is -0.473 e. The van der Waals surface area contributed by atoms with Gasteiger partial charge in [-0.25, -0.2) is 0 Å². The highest BCUT2D eigenvalue weighted by atomic mass is 16.5. The first-order chi connectivity index (χ1) is 10.4. The third kappa shape index (κ3) is 5.79. The van der Waals surface area contributed by atoms with Crippen LogP contribution in [0.1, 0.15) is 59.3 Å². The van der Waals surface area contributed by atoms with Gasteiger partial charge in [-0.2, -0.15) is 4.98 Å². The van der Waals surface area contributed by atoms with Crippen LogP contribution in [0.3, 0.4) is 0 Å². The Morgan fingerprint density at radius 2 is 2.05 bits per heavy atom. The largest absolute Gasteiger partial charge is 0.473 e. The van der Waals surface area contributed by atoms with Crippen LogP contribution in [0.5, 0.6) is 5.88 Å². The molecule has 1 atom stereocenters. The fourth-order valence-corrected chi connectivity index (χ4v) is 3.05. The van der Waals surface area contributed by atoms with Crippen molar-refractivity contribution in [2.75, 3.05) is 11.9 Å². The molecule has 0 aliphatic heterocycles. The van der Waals surface area contributed by atoms with Gasteiger partial charge in [-0.3, -0.25) is 4.98 Å². The van der Waals surface area contributed by atoms with Gasteiger partial charge >= 0.3 is 0 Å². The van der Waals surface area contributed by atoms with Crippen LogP contribution in [-0.2, 0) is 0 Å². The maximum absolute atomic E-state index is 9.54. The van der Waals surface area contributed by atoms with Gasteiger partial charge in [0, 0.05) is 6.54 Å². The molecular weight excluding hydrogens is 278 g/mol. The maximum Gasteiger partial charge on any atom is 0.234 e. The molecule has 2 N–H and O–H groups in total. The fraction of sp³-hybridized carbons (Fsp3) is 0.765. The topological polar surface area (TPSA) is 67.3 Å². The van der Waals surface area contributed by atoms with Crippen LogP contribution in [0.25, 0.3) is 0 Å². The second-order valence-corrected chi connectivity index (χ2v) is 7.19. The number of rotatable bonds is 7. The van der Waals surface area contributed by atoms with E-state index in [1.165, 1.54) is 19.3 Å². The number of anilines is 1. The van der Waals surface area contributed by atoms with Crippen molar-refractivity contribution in [3.8, 4) is 5.88 Å². The van der Waals surface area contributed by atoms with Crippen LogP contribution in [-0.4, -0.2) is 33.8 Å². The van der Waals surface area contributed by atoms with Gasteiger partial charge in [0.1, 0.15) is 11.9 Å². The minimum absolute atomic E-state index is 0.00389. The highest BCUT2D eigenvalue weighted by Crippen LogP contribution is 2.24. The summed E-state index contributed by atoms with van der Waals surface area (Å²) in [5.74, 6) is 1.33. The lowest BCUT2D eigenvalue weighted by molar-refractivity contribution is 0.135. The Morgan fingerprint density at radius 3 is 2.73 bits per heavy atom. The molecule has 5 nitrogen and oxygen atoms in total. The average Bonchev–Trinajstić information content (AvgIpc) is 2.45. The van der Waals surface area contributed by atoms with Crippen LogP contribution in [0.15, 0.2) is 12.4 Å². The van der Waals surface area contributed by atoms with Gasteiger partial charge in [-0.15, -0.1) is 0 Å². The molecule has 5 heteroatoms. The predicted octanol–water partition coefficient (Wildman–Crippen LogP) is 3.40. The van der Waals surface area contributed by atoms with Crippen molar-refractivity contribution in [3.63, 3.8) is 0 Å². The monoisotopic (exact) mass is 307 g/mol. The van der Waals surface area contributed by atoms with Gasteiger partial charge in [0.25, 0.3) is 0 Å². The molecule has 0 amide bonds. The zero-order valence-corrected chi connectivity index (χ0v) is 14.0. The highest BCUT2D eigenvalue weighted by Gasteiger charge is 2.20. The van der Waals surface area contributed by atoms with Crippen molar-refractivity contribution in [3.05, 3.63) is 12.4 Å². The summed E-state index contributed by atoms with van der Waals surface area (Å²) < 4.78 is 5.94. The molecule has 2 rings (SSSR count). The number of nitrogens with one attached hydrogen (secondary N) is 1. The molecule has 0 aromatic carbocycles. The molecule has 0 bridgehead atoms. The normalized spacial score (nSPS) is 18.0. The number of aromatic nitrogens is 2. The molecule has 1 aliphatic carbocycles. The average molecular weight is 307 g/mol. The summed E-state index contributed by atoms with van der Waals surface area (Å²) in [6, 6.07) is 0. The molecule has 1 saturated carbocycles. The van der Waals surface area contributed by atoms with E-state index < -0.39 is 0 Å². The Labute approximate surface area is 133 Å². The van der Waals surface area contributed by atoms with Crippen molar-refractivity contribution in [2.24, 2.45) is 5.41 Å². The van der Waals surface area contributed by atoms with E-state index in [0.29, 0.717) is 5.88 Å². The molecule has 1 heterocycles. The van der Waals surface area contributed by atoms with Crippen molar-refractivity contribution in [1.82, 2.24) is 9.97 Å². The molecule has 0 radical (unpaired) electrons. The summed E-state index contributed by atoms with van der Waals surface area (Å²) in [7, 11) is 0. The Balaban J connectivity index is 1.88. The SMILES string of the molecule is CC(O)CC(C)(C)CNc1cncc(OC2CCCCC2)n1. The third-order valence-corrected chi connectivity index (χ3v) is 4.05. The number of aliphatic hydroxyl groups excluding tert-OH is 1. The van der Waals surface area contributed by atoms with Crippen LogP contribution in [0.2, 0.25) is 0 Å². The van der Waals surface area contributed by atoms with Crippen molar-refractivity contribution >= 4 is 5.82 Å². The molecule has 1 fully saturated rings. The Morgan fingerprint density at radius 1 is 1.32 bits per heavy atom. The Kier molecular flexibility index (Phi) is 6.00. The lowest BCUT2D eigenvalue weighted by Gasteiger charge is -2.26. The molecule has 0 saturated heterocycles. The van der Waals surface area contributed by atoms with Gasteiger partial charge < -0.3 is 15.2 Å². The van der Waals surface area contributed by atoms with E-state index in [-0.39, 0.29) is 17.6 Å². The summed E-state index contributed by atoms with van der Waals surface area (Å²) in [6.07, 6.45) is 10.1. The minimum atomic E-state index is -0.302. The van der Waals surface area contributed by atoms with Gasteiger partial charge in [-0.05, 0) is 44.4 Å². The summed E-state index contributed by atoms with van der Waals surface area (Å²) in [4.78, 5) is 8.70. The summed E-state index contributed by atoms with van der Waals surface area (Å²) in [5.41, 5.74) is -0.00389. The molecule has 1 aliphatic rings. The first-order valence-corrected chi connectivity index (χ1v) is 8.35. The smallest absolute Gasteiger partial charge is 0.234 e. The molecule has 0 spiro atoms. The summed E-state index contributed by atoms with van der Waals surface area (Å²) >= 11 is 0. The first-order valence-electron chi connectivity index (χ1n) is 8.35. The molecule has 1 aromatic rings. The van der Waals surface area contributed by atoms with Crippen LogP contribution in [0, 0.1) is 5.41 Å². The number of nitrogens with zero attached hydrogens (tertiary/aromatic N) is 2. The van der Waals surface area contributed by atoms with Crippen molar-refractivity contribution in [1.29, 1.82) is 0 Å². The Hall–Kier alpha value is -1.36. The van der Waals surface area contributed by atoms with E-state index in [2.05, 4.69) is 29.1 Å². The predicted molar refractivity (Wildman–Crippen MR) is 88.1 cm³/mol. The second-order valence-electron chi connectivity index (χ2n) is 7.19. The number of ether oxygens (including phenoxy) is 1. The Bertz CT molecular complexity index is 457.